The molecule has 1 aromatic rings. The summed E-state index contributed by atoms with van der Waals surface area (Å²) in [5, 5.41) is 3.30. The van der Waals surface area contributed by atoms with Crippen LogP contribution in [-0.2, 0) is 0 Å². The molecule has 2 rings (SSSR count). The first kappa shape index (κ1) is 14.4. The lowest BCUT2D eigenvalue weighted by molar-refractivity contribution is 0.0833. The predicted octanol–water partition coefficient (Wildman–Crippen LogP) is 2.96. The van der Waals surface area contributed by atoms with Crippen molar-refractivity contribution >= 4 is 0 Å². The van der Waals surface area contributed by atoms with E-state index in [0.717, 1.165) is 32.2 Å². The molecule has 0 aromatic heterocycles. The van der Waals surface area contributed by atoms with E-state index in [0.29, 0.717) is 5.56 Å². The van der Waals surface area contributed by atoms with E-state index in [1.54, 1.807) is 6.07 Å². The van der Waals surface area contributed by atoms with Crippen molar-refractivity contribution in [1.82, 2.24) is 10.2 Å². The molecule has 1 aromatic carbocycles. The number of halogens is 2. The Kier molecular flexibility index (Phi) is 4.21. The first-order chi connectivity index (χ1) is 8.89. The molecule has 2 nitrogen and oxygen atoms in total. The van der Waals surface area contributed by atoms with Crippen LogP contribution in [0, 0.1) is 17.0 Å². The minimum Gasteiger partial charge on any atom is -0.314 e. The monoisotopic (exact) mass is 268 g/mol. The fourth-order valence-electron chi connectivity index (χ4n) is 2.87. The van der Waals surface area contributed by atoms with Crippen LogP contribution in [0.25, 0.3) is 0 Å². The number of rotatable bonds is 2. The fourth-order valence-corrected chi connectivity index (χ4v) is 2.87. The third-order valence-electron chi connectivity index (χ3n) is 3.59. The zero-order valence-electron chi connectivity index (χ0n) is 11.8. The van der Waals surface area contributed by atoms with Gasteiger partial charge in [-0.1, -0.05) is 26.8 Å². The van der Waals surface area contributed by atoms with Gasteiger partial charge < -0.3 is 5.32 Å². The van der Waals surface area contributed by atoms with Crippen LogP contribution in [0.3, 0.4) is 0 Å². The largest absolute Gasteiger partial charge is 0.314 e. The summed E-state index contributed by atoms with van der Waals surface area (Å²) < 4.78 is 27.2. The van der Waals surface area contributed by atoms with Gasteiger partial charge in [-0.2, -0.15) is 0 Å². The molecule has 0 bridgehead atoms. The quantitative estimate of drug-likeness (QED) is 0.887. The fraction of sp³-hybridized carbons (Fsp3) is 0.600. The van der Waals surface area contributed by atoms with Crippen molar-refractivity contribution in [2.24, 2.45) is 5.41 Å². The smallest absolute Gasteiger partial charge is 0.130 e. The molecular formula is C15H22F2N2. The minimum atomic E-state index is -0.519. The number of benzene rings is 1. The molecule has 19 heavy (non-hydrogen) atoms. The van der Waals surface area contributed by atoms with Gasteiger partial charge in [-0.3, -0.25) is 4.90 Å². The molecule has 1 N–H and O–H groups in total. The van der Waals surface area contributed by atoms with E-state index in [1.807, 2.05) is 0 Å². The Hall–Kier alpha value is -1.00. The van der Waals surface area contributed by atoms with Gasteiger partial charge >= 0.3 is 0 Å². The summed E-state index contributed by atoms with van der Waals surface area (Å²) in [7, 11) is 0. The second-order valence-electron chi connectivity index (χ2n) is 6.22. The highest BCUT2D eigenvalue weighted by molar-refractivity contribution is 5.24. The normalized spacial score (nSPS) is 19.4. The summed E-state index contributed by atoms with van der Waals surface area (Å²) in [6, 6.07) is 3.88. The topological polar surface area (TPSA) is 15.3 Å². The molecule has 1 saturated heterocycles. The molecule has 0 aliphatic carbocycles. The first-order valence-electron chi connectivity index (χ1n) is 6.79. The van der Waals surface area contributed by atoms with E-state index in [2.05, 4.69) is 31.0 Å². The summed E-state index contributed by atoms with van der Waals surface area (Å²) >= 11 is 0. The number of piperazine rings is 1. The zero-order chi connectivity index (χ0) is 14.0. The number of nitrogens with one attached hydrogen (secondary N) is 1. The van der Waals surface area contributed by atoms with Gasteiger partial charge in [-0.15, -0.1) is 0 Å². The lowest BCUT2D eigenvalue weighted by Gasteiger charge is -2.42. The van der Waals surface area contributed by atoms with Crippen LogP contribution < -0.4 is 5.32 Å². The van der Waals surface area contributed by atoms with Gasteiger partial charge in [-0.05, 0) is 11.5 Å². The Morgan fingerprint density at radius 1 is 1.16 bits per heavy atom. The van der Waals surface area contributed by atoms with Gasteiger partial charge in [-0.25, -0.2) is 8.78 Å². The molecule has 1 aliphatic rings. The van der Waals surface area contributed by atoms with E-state index in [4.69, 9.17) is 0 Å². The molecule has 4 heteroatoms. The predicted molar refractivity (Wildman–Crippen MR) is 73.0 cm³/mol. The summed E-state index contributed by atoms with van der Waals surface area (Å²) in [6.45, 7) is 9.90. The molecule has 1 heterocycles. The van der Waals surface area contributed by atoms with Crippen molar-refractivity contribution in [1.29, 1.82) is 0 Å². The van der Waals surface area contributed by atoms with Gasteiger partial charge in [0, 0.05) is 43.9 Å². The van der Waals surface area contributed by atoms with E-state index in [9.17, 15) is 8.78 Å². The van der Waals surface area contributed by atoms with E-state index >= 15 is 0 Å². The molecule has 0 amide bonds. The molecule has 0 unspecified atom stereocenters. The minimum absolute atomic E-state index is 0.0322. The highest BCUT2D eigenvalue weighted by Gasteiger charge is 2.34. The van der Waals surface area contributed by atoms with Crippen LogP contribution in [0.5, 0.6) is 0 Å². The van der Waals surface area contributed by atoms with Crippen molar-refractivity contribution in [2.75, 3.05) is 26.2 Å². The molecule has 0 spiro atoms. The molecule has 106 valence electrons. The first-order valence-corrected chi connectivity index (χ1v) is 6.79. The molecular weight excluding hydrogens is 246 g/mol. The van der Waals surface area contributed by atoms with Crippen molar-refractivity contribution in [3.8, 4) is 0 Å². The molecule has 0 saturated carbocycles. The van der Waals surface area contributed by atoms with Gasteiger partial charge in [0.1, 0.15) is 11.6 Å². The lowest BCUT2D eigenvalue weighted by atomic mass is 9.80. The van der Waals surface area contributed by atoms with Crippen LogP contribution in [0.4, 0.5) is 8.78 Å². The second kappa shape index (κ2) is 5.55. The third-order valence-corrected chi connectivity index (χ3v) is 3.59. The van der Waals surface area contributed by atoms with Crippen LogP contribution >= 0.6 is 0 Å². The van der Waals surface area contributed by atoms with Crippen LogP contribution in [0.1, 0.15) is 32.4 Å². The maximum atomic E-state index is 14.1. The van der Waals surface area contributed by atoms with Crippen LogP contribution in [-0.4, -0.2) is 31.1 Å². The van der Waals surface area contributed by atoms with Crippen molar-refractivity contribution in [2.45, 2.75) is 26.8 Å². The Labute approximate surface area is 113 Å². The van der Waals surface area contributed by atoms with Crippen LogP contribution in [0.2, 0.25) is 0 Å². The van der Waals surface area contributed by atoms with E-state index < -0.39 is 11.6 Å². The summed E-state index contributed by atoms with van der Waals surface area (Å²) in [4.78, 5) is 2.28. The standard InChI is InChI=1S/C15H22F2N2/c1-15(2,3)14(19-8-6-18-7-9-19)12-5-4-11(16)10-13(12)17/h4-5,10,14,18H,6-9H2,1-3H3/t14-/m1/s1. The average Bonchev–Trinajstić information content (AvgIpc) is 2.32. The summed E-state index contributed by atoms with van der Waals surface area (Å²) in [5.74, 6) is -0.965. The van der Waals surface area contributed by atoms with E-state index in [-0.39, 0.29) is 11.5 Å². The van der Waals surface area contributed by atoms with E-state index in [1.165, 1.54) is 6.07 Å². The van der Waals surface area contributed by atoms with Gasteiger partial charge in [0.15, 0.2) is 0 Å². The van der Waals surface area contributed by atoms with Crippen LogP contribution in [0.15, 0.2) is 18.2 Å². The molecule has 1 fully saturated rings. The molecule has 0 radical (unpaired) electrons. The lowest BCUT2D eigenvalue weighted by Crippen LogP contribution is -2.48. The molecule has 1 atom stereocenters. The van der Waals surface area contributed by atoms with Crippen molar-refractivity contribution in [3.05, 3.63) is 35.4 Å². The highest BCUT2D eigenvalue weighted by Crippen LogP contribution is 2.39. The third kappa shape index (κ3) is 3.31. The Bertz CT molecular complexity index is 434. The Morgan fingerprint density at radius 2 is 1.79 bits per heavy atom. The number of nitrogens with zero attached hydrogens (tertiary/aromatic N) is 1. The van der Waals surface area contributed by atoms with Crippen molar-refractivity contribution in [3.63, 3.8) is 0 Å². The van der Waals surface area contributed by atoms with Gasteiger partial charge in [0.2, 0.25) is 0 Å². The Balaban J connectivity index is 2.36. The zero-order valence-corrected chi connectivity index (χ0v) is 11.8. The molecule has 1 aliphatic heterocycles. The maximum Gasteiger partial charge on any atom is 0.130 e. The Morgan fingerprint density at radius 3 is 2.32 bits per heavy atom. The second-order valence-corrected chi connectivity index (χ2v) is 6.22. The maximum absolute atomic E-state index is 14.1. The van der Waals surface area contributed by atoms with Gasteiger partial charge in [0.05, 0.1) is 0 Å². The number of hydrogen-bond acceptors (Lipinski definition) is 2. The SMILES string of the molecule is CC(C)(C)[C@@H](c1ccc(F)cc1F)N1CCNCC1. The summed E-state index contributed by atoms with van der Waals surface area (Å²) in [5.41, 5.74) is 0.492. The summed E-state index contributed by atoms with van der Waals surface area (Å²) in [6.07, 6.45) is 0. The number of hydrogen-bond donors (Lipinski definition) is 1. The average molecular weight is 268 g/mol. The van der Waals surface area contributed by atoms with Gasteiger partial charge in [0.25, 0.3) is 0 Å². The highest BCUT2D eigenvalue weighted by atomic mass is 19.1. The van der Waals surface area contributed by atoms with Crippen molar-refractivity contribution < 1.29 is 8.78 Å².